The Hall–Kier alpha value is -1.94. The van der Waals surface area contributed by atoms with E-state index in [0.717, 1.165) is 108 Å². The van der Waals surface area contributed by atoms with Gasteiger partial charge in [-0.05, 0) is 43.4 Å². The highest BCUT2D eigenvalue weighted by Crippen LogP contribution is 2.45. The number of hydrogen-bond acceptors (Lipinski definition) is 15. The second-order valence-corrected chi connectivity index (χ2v) is 32.8. The van der Waals surface area contributed by atoms with Gasteiger partial charge in [0.25, 0.3) is 0 Å². The average molecular weight is 1470 g/mol. The molecule has 5 unspecified atom stereocenters. The van der Waals surface area contributed by atoms with Crippen LogP contribution in [0, 0.1) is 17.8 Å². The molecule has 0 aromatic rings. The van der Waals surface area contributed by atoms with E-state index in [9.17, 15) is 43.2 Å². The second-order valence-electron chi connectivity index (χ2n) is 29.9. The molecule has 0 amide bonds. The molecule has 0 aromatic carbocycles. The van der Waals surface area contributed by atoms with Crippen molar-refractivity contribution < 1.29 is 80.2 Å². The molecule has 594 valence electrons. The molecule has 0 fully saturated rings. The zero-order valence-corrected chi connectivity index (χ0v) is 67.5. The molecule has 0 radical (unpaired) electrons. The average Bonchev–Trinajstić information content (AvgIpc) is 0.938. The maximum absolute atomic E-state index is 13.1. The summed E-state index contributed by atoms with van der Waals surface area (Å²) in [4.78, 5) is 73.0. The van der Waals surface area contributed by atoms with Crippen LogP contribution in [-0.4, -0.2) is 96.7 Å². The molecule has 8 atom stereocenters. The van der Waals surface area contributed by atoms with Crippen LogP contribution in [0.15, 0.2) is 0 Å². The van der Waals surface area contributed by atoms with Gasteiger partial charge in [-0.3, -0.25) is 37.3 Å². The Morgan fingerprint density at radius 1 is 0.280 bits per heavy atom. The third-order valence-corrected chi connectivity index (χ3v) is 21.9. The van der Waals surface area contributed by atoms with E-state index in [1.54, 1.807) is 0 Å². The number of carbonyl (C=O) groups is 4. The Labute approximate surface area is 613 Å². The van der Waals surface area contributed by atoms with Crippen LogP contribution in [0.5, 0.6) is 0 Å². The van der Waals surface area contributed by atoms with E-state index >= 15 is 0 Å². The predicted molar refractivity (Wildman–Crippen MR) is 409 cm³/mol. The topological polar surface area (TPSA) is 237 Å². The van der Waals surface area contributed by atoms with Gasteiger partial charge < -0.3 is 33.8 Å². The lowest BCUT2D eigenvalue weighted by molar-refractivity contribution is -0.161. The van der Waals surface area contributed by atoms with Gasteiger partial charge in [-0.15, -0.1) is 0 Å². The first-order valence-corrected chi connectivity index (χ1v) is 45.0. The fourth-order valence-electron chi connectivity index (χ4n) is 12.4. The summed E-state index contributed by atoms with van der Waals surface area (Å²) in [7, 11) is -9.92. The number of ether oxygens (including phenoxy) is 4. The smallest absolute Gasteiger partial charge is 0.462 e. The molecule has 3 N–H and O–H groups in total. The molecule has 100 heavy (non-hydrogen) atoms. The lowest BCUT2D eigenvalue weighted by Gasteiger charge is -2.21. The highest BCUT2D eigenvalue weighted by molar-refractivity contribution is 7.47. The molecule has 0 heterocycles. The van der Waals surface area contributed by atoms with E-state index in [1.807, 2.05) is 0 Å². The normalized spacial score (nSPS) is 14.8. The Bertz CT molecular complexity index is 1950. The van der Waals surface area contributed by atoms with Crippen molar-refractivity contribution in [1.29, 1.82) is 0 Å². The minimum Gasteiger partial charge on any atom is -0.462 e. The van der Waals surface area contributed by atoms with Gasteiger partial charge in [-0.2, -0.15) is 0 Å². The monoisotopic (exact) mass is 1470 g/mol. The van der Waals surface area contributed by atoms with Crippen LogP contribution >= 0.6 is 15.6 Å². The maximum Gasteiger partial charge on any atom is 0.472 e. The van der Waals surface area contributed by atoms with Crippen LogP contribution in [-0.2, 0) is 65.4 Å². The minimum absolute atomic E-state index is 0.106. The molecule has 17 nitrogen and oxygen atoms in total. The summed E-state index contributed by atoms with van der Waals surface area (Å²) in [6.07, 6.45) is 59.5. The van der Waals surface area contributed by atoms with Crippen LogP contribution in [0.2, 0.25) is 0 Å². The Balaban J connectivity index is 5.22. The number of esters is 4. The van der Waals surface area contributed by atoms with Crippen molar-refractivity contribution in [2.75, 3.05) is 39.6 Å². The number of aliphatic hydroxyl groups is 1. The number of phosphoric ester groups is 2. The van der Waals surface area contributed by atoms with Gasteiger partial charge in [0.05, 0.1) is 26.4 Å². The first-order chi connectivity index (χ1) is 48.3. The van der Waals surface area contributed by atoms with E-state index in [4.69, 9.17) is 37.0 Å². The van der Waals surface area contributed by atoms with Gasteiger partial charge in [0.15, 0.2) is 12.2 Å². The Kier molecular flexibility index (Phi) is 69.9. The molecule has 0 spiro atoms. The summed E-state index contributed by atoms with van der Waals surface area (Å²) < 4.78 is 68.7. The molecular weight excluding hydrogens is 1310 g/mol. The third-order valence-electron chi connectivity index (χ3n) is 20.0. The van der Waals surface area contributed by atoms with Crippen LogP contribution in [0.4, 0.5) is 0 Å². The number of hydrogen-bond donors (Lipinski definition) is 3. The van der Waals surface area contributed by atoms with Gasteiger partial charge in [-0.25, -0.2) is 9.13 Å². The molecule has 0 aliphatic rings. The van der Waals surface area contributed by atoms with Crippen molar-refractivity contribution >= 4 is 39.5 Å². The Morgan fingerprint density at radius 2 is 0.480 bits per heavy atom. The number of unbranched alkanes of at least 4 members (excludes halogenated alkanes) is 44. The first kappa shape index (κ1) is 98.1. The lowest BCUT2D eigenvalue weighted by Crippen LogP contribution is -2.30. The van der Waals surface area contributed by atoms with E-state index < -0.39 is 97.5 Å². The SMILES string of the molecule is CCCCCCCCCCCCC(=O)OC[C@H](COP(=O)(O)OC[C@H](O)COP(=O)(O)OC[C@@H](COC(=O)CCCCCCCCCCCCC(C)CC)OC(=O)CCCCCCCCCCCCCCCCCCCCC(C)CC)OC(=O)CCCCCCCCCCCCC(C)CC. The minimum atomic E-state index is -4.96. The molecule has 0 bridgehead atoms. The Morgan fingerprint density at radius 3 is 0.710 bits per heavy atom. The van der Waals surface area contributed by atoms with Gasteiger partial charge >= 0.3 is 39.5 Å². The van der Waals surface area contributed by atoms with Crippen LogP contribution < -0.4 is 0 Å². The van der Waals surface area contributed by atoms with Crippen LogP contribution in [0.1, 0.15) is 421 Å². The van der Waals surface area contributed by atoms with Crippen molar-refractivity contribution in [3.05, 3.63) is 0 Å². The van der Waals surface area contributed by atoms with E-state index in [2.05, 4.69) is 48.5 Å². The molecule has 0 rings (SSSR count). The van der Waals surface area contributed by atoms with Crippen LogP contribution in [0.3, 0.4) is 0 Å². The summed E-state index contributed by atoms with van der Waals surface area (Å²) in [6, 6.07) is 0. The molecular formula is C81H158O17P2. The summed E-state index contributed by atoms with van der Waals surface area (Å²) in [5.41, 5.74) is 0. The largest absolute Gasteiger partial charge is 0.472 e. The first-order valence-electron chi connectivity index (χ1n) is 42.0. The molecule has 0 aromatic heterocycles. The number of phosphoric acid groups is 2. The quantitative estimate of drug-likeness (QED) is 0.0222. The fourth-order valence-corrected chi connectivity index (χ4v) is 14.0. The number of aliphatic hydroxyl groups excluding tert-OH is 1. The lowest BCUT2D eigenvalue weighted by atomic mass is 9.99. The summed E-state index contributed by atoms with van der Waals surface area (Å²) in [5, 5.41) is 10.6. The standard InChI is InChI=1S/C81H158O17P2/c1-8-12-13-14-15-16-34-41-48-55-62-78(83)91-68-76(98-81(86)65-58-51-44-37-30-28-33-40-47-54-61-74(7)11-4)70-95-99(87,88)93-66-75(82)67-94-100(89,90)96-71-77(69-92-79(84)63-56-49-42-35-29-27-32-39-46-53-60-73(6)10-3)97-80(85)64-57-50-43-36-26-24-22-20-18-17-19-21-23-25-31-38-45-52-59-72(5)9-2/h72-77,82H,8-71H2,1-7H3,(H,87,88)(H,89,90)/t72?,73?,74?,75-,76+,77+/m0/s1. The molecule has 19 heteroatoms. The fraction of sp³-hybridized carbons (Fsp3) is 0.951. The van der Waals surface area contributed by atoms with Gasteiger partial charge in [0, 0.05) is 25.7 Å². The number of rotatable bonds is 79. The second kappa shape index (κ2) is 71.3. The zero-order chi connectivity index (χ0) is 73.7. The molecule has 0 aliphatic heterocycles. The van der Waals surface area contributed by atoms with Crippen molar-refractivity contribution in [2.24, 2.45) is 17.8 Å². The van der Waals surface area contributed by atoms with Crippen molar-refractivity contribution in [3.63, 3.8) is 0 Å². The van der Waals surface area contributed by atoms with Crippen molar-refractivity contribution in [2.45, 2.75) is 439 Å². The summed E-state index contributed by atoms with van der Waals surface area (Å²) in [6.45, 7) is 12.0. The predicted octanol–water partition coefficient (Wildman–Crippen LogP) is 24.1. The highest BCUT2D eigenvalue weighted by Gasteiger charge is 2.30. The molecule has 0 saturated heterocycles. The highest BCUT2D eigenvalue weighted by atomic mass is 31.2. The van der Waals surface area contributed by atoms with E-state index in [1.165, 1.54) is 231 Å². The zero-order valence-electron chi connectivity index (χ0n) is 65.7. The molecule has 0 saturated carbocycles. The van der Waals surface area contributed by atoms with Gasteiger partial charge in [-0.1, -0.05) is 370 Å². The maximum atomic E-state index is 13.1. The van der Waals surface area contributed by atoms with Gasteiger partial charge in [0.1, 0.15) is 19.3 Å². The summed E-state index contributed by atoms with van der Waals surface area (Å²) in [5.74, 6) is 0.372. The number of carbonyl (C=O) groups excluding carboxylic acids is 4. The summed E-state index contributed by atoms with van der Waals surface area (Å²) >= 11 is 0. The van der Waals surface area contributed by atoms with Crippen molar-refractivity contribution in [1.82, 2.24) is 0 Å². The van der Waals surface area contributed by atoms with Gasteiger partial charge in [0.2, 0.25) is 0 Å². The van der Waals surface area contributed by atoms with E-state index in [0.29, 0.717) is 25.7 Å². The van der Waals surface area contributed by atoms with Crippen LogP contribution in [0.25, 0.3) is 0 Å². The molecule has 0 aliphatic carbocycles. The van der Waals surface area contributed by atoms with E-state index in [-0.39, 0.29) is 25.7 Å². The third kappa shape index (κ3) is 70.4. The van der Waals surface area contributed by atoms with Crippen molar-refractivity contribution in [3.8, 4) is 0 Å².